The molecule has 1 aromatic rings. The van der Waals surface area contributed by atoms with Gasteiger partial charge in [0.15, 0.2) is 0 Å². The van der Waals surface area contributed by atoms with Gasteiger partial charge in [-0.3, -0.25) is 0 Å². The summed E-state index contributed by atoms with van der Waals surface area (Å²) in [6.45, 7) is 6.31. The SMILES string of the molecule is CCCNCC(C)=Cc1cc(Br)c(Cl)s1. The van der Waals surface area contributed by atoms with Crippen molar-refractivity contribution < 1.29 is 0 Å². The molecule has 15 heavy (non-hydrogen) atoms. The summed E-state index contributed by atoms with van der Waals surface area (Å²) in [6, 6.07) is 2.05. The highest BCUT2D eigenvalue weighted by Gasteiger charge is 2.02. The Balaban J connectivity index is 2.54. The maximum atomic E-state index is 5.97. The van der Waals surface area contributed by atoms with E-state index in [0.717, 1.165) is 21.9 Å². The van der Waals surface area contributed by atoms with E-state index in [9.17, 15) is 0 Å². The second-order valence-corrected chi connectivity index (χ2v) is 5.98. The molecule has 1 nitrogen and oxygen atoms in total. The van der Waals surface area contributed by atoms with Crippen molar-refractivity contribution >= 4 is 44.9 Å². The topological polar surface area (TPSA) is 12.0 Å². The number of nitrogens with one attached hydrogen (secondary N) is 1. The molecule has 1 rings (SSSR count). The van der Waals surface area contributed by atoms with Crippen molar-refractivity contribution in [1.82, 2.24) is 5.32 Å². The van der Waals surface area contributed by atoms with Gasteiger partial charge >= 0.3 is 0 Å². The quantitative estimate of drug-likeness (QED) is 0.786. The fourth-order valence-electron chi connectivity index (χ4n) is 1.19. The van der Waals surface area contributed by atoms with Crippen molar-refractivity contribution in [3.63, 3.8) is 0 Å². The summed E-state index contributed by atoms with van der Waals surface area (Å²) in [5.41, 5.74) is 1.33. The second kappa shape index (κ2) is 6.69. The maximum absolute atomic E-state index is 5.97. The first-order valence-electron chi connectivity index (χ1n) is 4.96. The smallest absolute Gasteiger partial charge is 0.108 e. The fourth-order valence-corrected chi connectivity index (χ4v) is 2.95. The third-order valence-electron chi connectivity index (χ3n) is 1.88. The Kier molecular flexibility index (Phi) is 5.90. The molecule has 84 valence electrons. The van der Waals surface area contributed by atoms with Gasteiger partial charge < -0.3 is 5.32 Å². The van der Waals surface area contributed by atoms with Crippen LogP contribution < -0.4 is 5.32 Å². The highest BCUT2D eigenvalue weighted by Crippen LogP contribution is 2.32. The zero-order valence-corrected chi connectivity index (χ0v) is 12.1. The molecule has 0 saturated heterocycles. The van der Waals surface area contributed by atoms with E-state index < -0.39 is 0 Å². The molecule has 0 fully saturated rings. The number of hydrogen-bond donors (Lipinski definition) is 1. The lowest BCUT2D eigenvalue weighted by Crippen LogP contribution is -2.16. The van der Waals surface area contributed by atoms with E-state index in [0.29, 0.717) is 0 Å². The van der Waals surface area contributed by atoms with Crippen LogP contribution in [0.3, 0.4) is 0 Å². The van der Waals surface area contributed by atoms with Gasteiger partial charge in [0, 0.05) is 15.9 Å². The summed E-state index contributed by atoms with van der Waals surface area (Å²) in [5.74, 6) is 0. The first-order chi connectivity index (χ1) is 7.13. The molecule has 0 aliphatic rings. The van der Waals surface area contributed by atoms with Gasteiger partial charge in [0.1, 0.15) is 4.34 Å². The molecule has 1 N–H and O–H groups in total. The van der Waals surface area contributed by atoms with Gasteiger partial charge in [-0.1, -0.05) is 24.1 Å². The highest BCUT2D eigenvalue weighted by molar-refractivity contribution is 9.10. The summed E-state index contributed by atoms with van der Waals surface area (Å²) in [5, 5.41) is 3.37. The van der Waals surface area contributed by atoms with Crippen molar-refractivity contribution in [3.05, 3.63) is 25.3 Å². The number of rotatable bonds is 5. The van der Waals surface area contributed by atoms with E-state index in [1.165, 1.54) is 16.9 Å². The average molecular weight is 309 g/mol. The minimum Gasteiger partial charge on any atom is -0.313 e. The molecule has 1 heterocycles. The van der Waals surface area contributed by atoms with E-state index in [4.69, 9.17) is 11.6 Å². The van der Waals surface area contributed by atoms with Crippen LogP contribution in [0, 0.1) is 0 Å². The lowest BCUT2D eigenvalue weighted by molar-refractivity contribution is 0.715. The van der Waals surface area contributed by atoms with Crippen molar-refractivity contribution in [2.24, 2.45) is 0 Å². The van der Waals surface area contributed by atoms with Crippen LogP contribution in [-0.4, -0.2) is 13.1 Å². The Morgan fingerprint density at radius 2 is 2.40 bits per heavy atom. The third kappa shape index (κ3) is 4.68. The molecular weight excluding hydrogens is 294 g/mol. The minimum atomic E-state index is 0.815. The lowest BCUT2D eigenvalue weighted by atomic mass is 10.2. The molecule has 0 radical (unpaired) electrons. The molecule has 0 amide bonds. The van der Waals surface area contributed by atoms with Crippen LogP contribution in [0.2, 0.25) is 4.34 Å². The molecule has 0 unspecified atom stereocenters. The van der Waals surface area contributed by atoms with Gasteiger partial charge in [-0.05, 0) is 48.0 Å². The molecule has 0 saturated carbocycles. The zero-order valence-electron chi connectivity index (χ0n) is 8.94. The molecule has 0 bridgehead atoms. The first kappa shape index (κ1) is 13.2. The Labute approximate surface area is 109 Å². The monoisotopic (exact) mass is 307 g/mol. The van der Waals surface area contributed by atoms with E-state index in [-0.39, 0.29) is 0 Å². The predicted octanol–water partition coefficient (Wildman–Crippen LogP) is 4.57. The second-order valence-electron chi connectivity index (χ2n) is 3.44. The predicted molar refractivity (Wildman–Crippen MR) is 73.8 cm³/mol. The van der Waals surface area contributed by atoms with E-state index >= 15 is 0 Å². The molecule has 4 heteroatoms. The van der Waals surface area contributed by atoms with Crippen molar-refractivity contribution in [1.29, 1.82) is 0 Å². The van der Waals surface area contributed by atoms with Crippen LogP contribution in [0.4, 0.5) is 0 Å². The third-order valence-corrected chi connectivity index (χ3v) is 4.31. The van der Waals surface area contributed by atoms with E-state index in [1.807, 2.05) is 0 Å². The van der Waals surface area contributed by atoms with Crippen molar-refractivity contribution in [3.8, 4) is 0 Å². The van der Waals surface area contributed by atoms with Crippen LogP contribution in [0.5, 0.6) is 0 Å². The van der Waals surface area contributed by atoms with Crippen LogP contribution in [0.1, 0.15) is 25.1 Å². The highest BCUT2D eigenvalue weighted by atomic mass is 79.9. The van der Waals surface area contributed by atoms with Crippen molar-refractivity contribution in [2.75, 3.05) is 13.1 Å². The molecule has 1 aromatic heterocycles. The largest absolute Gasteiger partial charge is 0.313 e. The fraction of sp³-hybridized carbons (Fsp3) is 0.455. The van der Waals surface area contributed by atoms with Gasteiger partial charge in [-0.15, -0.1) is 11.3 Å². The standard InChI is InChI=1S/C11H15BrClNS/c1-3-4-14-7-8(2)5-9-6-10(12)11(13)15-9/h5-6,14H,3-4,7H2,1-2H3. The van der Waals surface area contributed by atoms with Gasteiger partial charge in [0.25, 0.3) is 0 Å². The summed E-state index contributed by atoms with van der Waals surface area (Å²) in [6.07, 6.45) is 3.34. The Bertz CT molecular complexity index is 327. The summed E-state index contributed by atoms with van der Waals surface area (Å²) in [4.78, 5) is 1.20. The maximum Gasteiger partial charge on any atom is 0.108 e. The first-order valence-corrected chi connectivity index (χ1v) is 6.95. The zero-order chi connectivity index (χ0) is 11.3. The Morgan fingerprint density at radius 3 is 2.93 bits per heavy atom. The van der Waals surface area contributed by atoms with Crippen LogP contribution in [-0.2, 0) is 0 Å². The van der Waals surface area contributed by atoms with Crippen LogP contribution in [0.15, 0.2) is 16.1 Å². The number of halogens is 2. The van der Waals surface area contributed by atoms with Gasteiger partial charge in [0.05, 0.1) is 0 Å². The normalized spacial score (nSPS) is 12.1. The summed E-state index contributed by atoms with van der Waals surface area (Å²) in [7, 11) is 0. The molecular formula is C11H15BrClNS. The van der Waals surface area contributed by atoms with E-state index in [1.54, 1.807) is 11.3 Å². The molecule has 0 aliphatic heterocycles. The molecule has 0 aromatic carbocycles. The van der Waals surface area contributed by atoms with E-state index in [2.05, 4.69) is 47.2 Å². The number of hydrogen-bond acceptors (Lipinski definition) is 2. The average Bonchev–Trinajstić information content (AvgIpc) is 2.46. The molecule has 0 aliphatic carbocycles. The molecule has 0 atom stereocenters. The Morgan fingerprint density at radius 1 is 1.67 bits per heavy atom. The number of thiophene rings is 1. The summed E-state index contributed by atoms with van der Waals surface area (Å²) >= 11 is 11.0. The van der Waals surface area contributed by atoms with Gasteiger partial charge in [-0.25, -0.2) is 0 Å². The van der Waals surface area contributed by atoms with Crippen molar-refractivity contribution in [2.45, 2.75) is 20.3 Å². The Hall–Kier alpha value is 0.170. The minimum absolute atomic E-state index is 0.815. The van der Waals surface area contributed by atoms with Crippen LogP contribution in [0.25, 0.3) is 6.08 Å². The lowest BCUT2D eigenvalue weighted by Gasteiger charge is -2.01. The van der Waals surface area contributed by atoms with Crippen LogP contribution >= 0.6 is 38.9 Å². The summed E-state index contributed by atoms with van der Waals surface area (Å²) < 4.78 is 1.80. The molecule has 0 spiro atoms. The van der Waals surface area contributed by atoms with Gasteiger partial charge in [-0.2, -0.15) is 0 Å². The van der Waals surface area contributed by atoms with Gasteiger partial charge in [0.2, 0.25) is 0 Å².